The Kier molecular flexibility index (Phi) is 8.01. The van der Waals surface area contributed by atoms with E-state index in [0.717, 1.165) is 0 Å². The fourth-order valence-electron chi connectivity index (χ4n) is 4.05. The van der Waals surface area contributed by atoms with Gasteiger partial charge in [-0.3, -0.25) is 4.84 Å². The molecule has 0 amide bonds. The summed E-state index contributed by atoms with van der Waals surface area (Å²) >= 11 is 0. The average Bonchev–Trinajstić information content (AvgIpc) is 2.60. The van der Waals surface area contributed by atoms with E-state index in [9.17, 15) is 4.79 Å². The van der Waals surface area contributed by atoms with Gasteiger partial charge >= 0.3 is 5.97 Å². The molecule has 0 unspecified atom stereocenters. The van der Waals surface area contributed by atoms with Crippen LogP contribution in [-0.4, -0.2) is 54.3 Å². The van der Waals surface area contributed by atoms with Gasteiger partial charge in [0.25, 0.3) is 0 Å². The molecule has 0 spiro atoms. The Hall–Kier alpha value is -1.47. The van der Waals surface area contributed by atoms with Crippen LogP contribution in [0.4, 0.5) is 0 Å². The maximum absolute atomic E-state index is 12.5. The lowest BCUT2D eigenvalue weighted by Gasteiger charge is -2.53. The Labute approximate surface area is 169 Å². The number of carbonyl (C=O) groups excluding carboxylic acids is 1. The highest BCUT2D eigenvalue weighted by molar-refractivity contribution is 5.89. The van der Waals surface area contributed by atoms with Crippen LogP contribution in [0.3, 0.4) is 0 Å². The zero-order valence-corrected chi connectivity index (χ0v) is 18.1. The topological polar surface area (TPSA) is 57.2 Å². The van der Waals surface area contributed by atoms with Gasteiger partial charge in [0, 0.05) is 37.1 Å². The fraction of sp³-hybridized carbons (Fsp3) is 0.682. The zero-order chi connectivity index (χ0) is 20.8. The summed E-state index contributed by atoms with van der Waals surface area (Å²) in [6, 6.07) is 9.12. The van der Waals surface area contributed by atoms with E-state index in [-0.39, 0.29) is 23.2 Å². The van der Waals surface area contributed by atoms with E-state index in [1.807, 2.05) is 37.1 Å². The molecule has 0 radical (unpaired) electrons. The summed E-state index contributed by atoms with van der Waals surface area (Å²) in [4.78, 5) is 18.6. The third-order valence-corrected chi connectivity index (χ3v) is 4.88. The first-order valence-corrected chi connectivity index (χ1v) is 10.1. The molecule has 1 aromatic rings. The molecule has 1 aliphatic heterocycles. The van der Waals surface area contributed by atoms with Crippen LogP contribution in [0.5, 0.6) is 0 Å². The lowest BCUT2D eigenvalue weighted by atomic mass is 9.80. The number of carbonyl (C=O) groups is 1. The number of rotatable bonds is 9. The van der Waals surface area contributed by atoms with Crippen molar-refractivity contribution in [3.05, 3.63) is 35.9 Å². The first kappa shape index (κ1) is 22.8. The summed E-state index contributed by atoms with van der Waals surface area (Å²) in [5, 5.41) is 2.01. The quantitative estimate of drug-likeness (QED) is 0.463. The summed E-state index contributed by atoms with van der Waals surface area (Å²) in [6.07, 6.45) is 0.800. The molecule has 0 aliphatic carbocycles. The van der Waals surface area contributed by atoms with Gasteiger partial charge in [-0.05, 0) is 53.7 Å². The highest BCUT2D eigenvalue weighted by atomic mass is 16.7. The predicted octanol–water partition coefficient (Wildman–Crippen LogP) is 4.20. The van der Waals surface area contributed by atoms with E-state index in [2.05, 4.69) is 27.7 Å². The highest BCUT2D eigenvalue weighted by Crippen LogP contribution is 2.40. The Balaban J connectivity index is 2.02. The molecule has 0 aromatic heterocycles. The number of hydrogen-bond acceptors (Lipinski definition) is 6. The van der Waals surface area contributed by atoms with Crippen molar-refractivity contribution in [3.8, 4) is 0 Å². The lowest BCUT2D eigenvalue weighted by Crippen LogP contribution is -2.62. The van der Waals surface area contributed by atoms with Crippen molar-refractivity contribution >= 4 is 5.97 Å². The van der Waals surface area contributed by atoms with Gasteiger partial charge in [0.1, 0.15) is 12.7 Å². The Bertz CT molecular complexity index is 593. The first-order valence-electron chi connectivity index (χ1n) is 10.1. The van der Waals surface area contributed by atoms with Crippen LogP contribution < -0.4 is 0 Å². The zero-order valence-electron chi connectivity index (χ0n) is 18.1. The van der Waals surface area contributed by atoms with E-state index >= 15 is 0 Å². The van der Waals surface area contributed by atoms with Crippen molar-refractivity contribution in [3.63, 3.8) is 0 Å². The van der Waals surface area contributed by atoms with Gasteiger partial charge in [0.2, 0.25) is 0 Å². The Morgan fingerprint density at radius 2 is 1.57 bits per heavy atom. The van der Waals surface area contributed by atoms with Crippen LogP contribution in [0, 0.1) is 0 Å². The van der Waals surface area contributed by atoms with Crippen LogP contribution >= 0.6 is 0 Å². The second kappa shape index (κ2) is 9.83. The van der Waals surface area contributed by atoms with Gasteiger partial charge in [-0.25, -0.2) is 4.79 Å². The monoisotopic (exact) mass is 393 g/mol. The van der Waals surface area contributed by atoms with Crippen molar-refractivity contribution in [1.29, 1.82) is 0 Å². The molecule has 0 saturated carbocycles. The van der Waals surface area contributed by atoms with Gasteiger partial charge in [-0.15, -0.1) is 0 Å². The molecule has 1 aromatic carbocycles. The molecule has 6 nitrogen and oxygen atoms in total. The molecular weight excluding hydrogens is 358 g/mol. The third-order valence-electron chi connectivity index (χ3n) is 4.88. The van der Waals surface area contributed by atoms with Gasteiger partial charge in [-0.2, -0.15) is 5.06 Å². The molecule has 28 heavy (non-hydrogen) atoms. The number of ether oxygens (including phenoxy) is 3. The molecule has 2 rings (SSSR count). The predicted molar refractivity (Wildman–Crippen MR) is 108 cm³/mol. The minimum atomic E-state index is -0.393. The SMILES string of the molecule is CCOC(CON1C(C)(C)CC(OC(=O)c2ccccc2)CC1(C)C)OCC. The molecule has 0 atom stereocenters. The minimum absolute atomic E-state index is 0.174. The van der Waals surface area contributed by atoms with Crippen molar-refractivity contribution < 1.29 is 23.8 Å². The maximum atomic E-state index is 12.5. The van der Waals surface area contributed by atoms with Gasteiger partial charge in [0.15, 0.2) is 6.29 Å². The summed E-state index contributed by atoms with van der Waals surface area (Å²) in [5.41, 5.74) is -0.0494. The maximum Gasteiger partial charge on any atom is 0.338 e. The summed E-state index contributed by atoms with van der Waals surface area (Å²) in [6.45, 7) is 13.8. The molecule has 1 saturated heterocycles. The smallest absolute Gasteiger partial charge is 0.338 e. The second-order valence-corrected chi connectivity index (χ2v) is 8.36. The summed E-state index contributed by atoms with van der Waals surface area (Å²) < 4.78 is 17.0. The van der Waals surface area contributed by atoms with Crippen LogP contribution in [0.1, 0.15) is 64.7 Å². The average molecular weight is 394 g/mol. The van der Waals surface area contributed by atoms with E-state index < -0.39 is 6.29 Å². The minimum Gasteiger partial charge on any atom is -0.459 e. The van der Waals surface area contributed by atoms with Crippen molar-refractivity contribution in [2.45, 2.75) is 77.9 Å². The largest absolute Gasteiger partial charge is 0.459 e. The molecule has 1 fully saturated rings. The van der Waals surface area contributed by atoms with E-state index in [1.165, 1.54) is 0 Å². The summed E-state index contributed by atoms with van der Waals surface area (Å²) in [7, 11) is 0. The Morgan fingerprint density at radius 3 is 2.07 bits per heavy atom. The molecule has 0 bridgehead atoms. The fourth-order valence-corrected chi connectivity index (χ4v) is 4.05. The van der Waals surface area contributed by atoms with Crippen LogP contribution in [0.2, 0.25) is 0 Å². The standard InChI is InChI=1S/C22H35NO5/c1-7-25-19(26-8-2)16-27-23-21(3,4)14-18(15-22(23,5)6)28-20(24)17-12-10-9-11-13-17/h9-13,18-19H,7-8,14-16H2,1-6H3. The van der Waals surface area contributed by atoms with E-state index in [1.54, 1.807) is 12.1 Å². The lowest BCUT2D eigenvalue weighted by molar-refractivity contribution is -0.318. The molecule has 0 N–H and O–H groups in total. The number of hydrogen-bond donors (Lipinski definition) is 0. The molecular formula is C22H35NO5. The van der Waals surface area contributed by atoms with Crippen LogP contribution in [0.15, 0.2) is 30.3 Å². The van der Waals surface area contributed by atoms with Gasteiger partial charge in [-0.1, -0.05) is 18.2 Å². The van der Waals surface area contributed by atoms with Crippen molar-refractivity contribution in [2.75, 3.05) is 19.8 Å². The van der Waals surface area contributed by atoms with Crippen LogP contribution in [0.25, 0.3) is 0 Å². The van der Waals surface area contributed by atoms with Crippen LogP contribution in [-0.2, 0) is 19.0 Å². The third kappa shape index (κ3) is 6.01. The van der Waals surface area contributed by atoms with E-state index in [4.69, 9.17) is 19.0 Å². The van der Waals surface area contributed by atoms with Crippen molar-refractivity contribution in [2.24, 2.45) is 0 Å². The number of esters is 1. The second-order valence-electron chi connectivity index (χ2n) is 8.36. The first-order chi connectivity index (χ1) is 13.2. The van der Waals surface area contributed by atoms with Crippen molar-refractivity contribution in [1.82, 2.24) is 5.06 Å². The number of piperidine rings is 1. The number of benzene rings is 1. The number of nitrogens with zero attached hydrogens (tertiary/aromatic N) is 1. The van der Waals surface area contributed by atoms with Gasteiger partial charge in [0.05, 0.1) is 5.56 Å². The molecule has 1 aliphatic rings. The molecule has 6 heteroatoms. The number of hydroxylamine groups is 2. The Morgan fingerprint density at radius 1 is 1.04 bits per heavy atom. The summed E-state index contributed by atoms with van der Waals surface area (Å²) in [5.74, 6) is -0.278. The normalized spacial score (nSPS) is 19.7. The highest BCUT2D eigenvalue weighted by Gasteiger charge is 2.48. The van der Waals surface area contributed by atoms with Gasteiger partial charge < -0.3 is 14.2 Å². The van der Waals surface area contributed by atoms with E-state index in [0.29, 0.717) is 38.2 Å². The molecule has 1 heterocycles. The molecule has 158 valence electrons.